The van der Waals surface area contributed by atoms with Crippen LogP contribution in [0.1, 0.15) is 0 Å². The van der Waals surface area contributed by atoms with Crippen molar-refractivity contribution in [3.63, 3.8) is 0 Å². The van der Waals surface area contributed by atoms with Crippen molar-refractivity contribution in [1.29, 1.82) is 0 Å². The molecule has 7 heteroatoms. The number of rotatable bonds is 3. The molecular formula is C13H13BrN4O2. The number of halogens is 1. The van der Waals surface area contributed by atoms with Gasteiger partial charge in [-0.3, -0.25) is 9.48 Å². The van der Waals surface area contributed by atoms with E-state index in [1.165, 1.54) is 0 Å². The zero-order valence-electron chi connectivity index (χ0n) is 10.6. The summed E-state index contributed by atoms with van der Waals surface area (Å²) in [5.41, 5.74) is 7.01. The van der Waals surface area contributed by atoms with Crippen LogP contribution in [0.5, 0.6) is 5.75 Å². The maximum absolute atomic E-state index is 12.0. The first-order valence-corrected chi connectivity index (χ1v) is 6.93. The molecule has 0 saturated carbocycles. The second-order valence-corrected chi connectivity index (χ2v) is 5.40. The molecule has 6 nitrogen and oxygen atoms in total. The number of aromatic nitrogens is 2. The summed E-state index contributed by atoms with van der Waals surface area (Å²) in [6.45, 7) is 1.16. The Labute approximate surface area is 124 Å². The maximum Gasteiger partial charge on any atom is 0.265 e. The van der Waals surface area contributed by atoms with E-state index in [0.29, 0.717) is 24.5 Å². The first kappa shape index (κ1) is 13.0. The number of amides is 1. The molecule has 20 heavy (non-hydrogen) atoms. The van der Waals surface area contributed by atoms with Crippen molar-refractivity contribution < 1.29 is 9.53 Å². The summed E-state index contributed by atoms with van der Waals surface area (Å²) >= 11 is 3.41. The minimum atomic E-state index is -0.0595. The molecule has 0 unspecified atom stereocenters. The standard InChI is InChI=1S/C13H13BrN4O2/c14-9-1-2-12-11(5-9)18(13(19)8-20-12)4-3-17-7-10(15)6-16-17/h1-2,5-7H,3-4,8,15H2. The molecule has 2 aromatic rings. The Morgan fingerprint density at radius 1 is 1.40 bits per heavy atom. The van der Waals surface area contributed by atoms with Gasteiger partial charge in [-0.05, 0) is 18.2 Å². The van der Waals surface area contributed by atoms with Crippen LogP contribution in [0.15, 0.2) is 35.1 Å². The summed E-state index contributed by atoms with van der Waals surface area (Å²) < 4.78 is 8.05. The lowest BCUT2D eigenvalue weighted by atomic mass is 10.2. The zero-order chi connectivity index (χ0) is 14.1. The van der Waals surface area contributed by atoms with Gasteiger partial charge in [0, 0.05) is 17.2 Å². The topological polar surface area (TPSA) is 73.4 Å². The van der Waals surface area contributed by atoms with Gasteiger partial charge in [0.05, 0.1) is 24.1 Å². The predicted molar refractivity (Wildman–Crippen MR) is 78.6 cm³/mol. The summed E-state index contributed by atoms with van der Waals surface area (Å²) in [4.78, 5) is 13.7. The van der Waals surface area contributed by atoms with Crippen LogP contribution >= 0.6 is 15.9 Å². The van der Waals surface area contributed by atoms with Gasteiger partial charge in [-0.1, -0.05) is 15.9 Å². The van der Waals surface area contributed by atoms with E-state index in [1.807, 2.05) is 18.2 Å². The van der Waals surface area contributed by atoms with Gasteiger partial charge < -0.3 is 15.4 Å². The summed E-state index contributed by atoms with van der Waals surface area (Å²) in [5.74, 6) is 0.656. The molecule has 0 spiro atoms. The number of carbonyl (C=O) groups is 1. The number of ether oxygens (including phenoxy) is 1. The van der Waals surface area contributed by atoms with Gasteiger partial charge in [-0.2, -0.15) is 5.10 Å². The highest BCUT2D eigenvalue weighted by Crippen LogP contribution is 2.34. The third-order valence-electron chi connectivity index (χ3n) is 3.07. The molecule has 0 saturated heterocycles. The molecule has 2 N–H and O–H groups in total. The maximum atomic E-state index is 12.0. The normalized spacial score (nSPS) is 14.1. The van der Waals surface area contributed by atoms with Gasteiger partial charge in [-0.25, -0.2) is 0 Å². The molecule has 1 amide bonds. The number of anilines is 2. The van der Waals surface area contributed by atoms with Crippen LogP contribution in [0.3, 0.4) is 0 Å². The number of nitrogens with zero attached hydrogens (tertiary/aromatic N) is 3. The average Bonchev–Trinajstić information content (AvgIpc) is 2.83. The number of fused-ring (bicyclic) bond motifs is 1. The van der Waals surface area contributed by atoms with E-state index in [1.54, 1.807) is 22.0 Å². The van der Waals surface area contributed by atoms with E-state index < -0.39 is 0 Å². The van der Waals surface area contributed by atoms with Crippen molar-refractivity contribution in [3.05, 3.63) is 35.1 Å². The minimum absolute atomic E-state index is 0.0595. The van der Waals surface area contributed by atoms with Gasteiger partial charge in [0.15, 0.2) is 6.61 Å². The molecule has 3 rings (SSSR count). The summed E-state index contributed by atoms with van der Waals surface area (Å²) in [7, 11) is 0. The first-order valence-electron chi connectivity index (χ1n) is 6.14. The monoisotopic (exact) mass is 336 g/mol. The second-order valence-electron chi connectivity index (χ2n) is 4.48. The molecule has 1 aliphatic rings. The Morgan fingerprint density at radius 3 is 3.00 bits per heavy atom. The van der Waals surface area contributed by atoms with Crippen LogP contribution in [-0.2, 0) is 11.3 Å². The number of hydrogen-bond acceptors (Lipinski definition) is 4. The number of benzene rings is 1. The molecule has 104 valence electrons. The molecule has 0 bridgehead atoms. The molecule has 2 heterocycles. The van der Waals surface area contributed by atoms with Gasteiger partial charge in [0.25, 0.3) is 5.91 Å². The number of nitrogen functional groups attached to an aromatic ring is 1. The van der Waals surface area contributed by atoms with Crippen molar-refractivity contribution in [2.24, 2.45) is 0 Å². The highest BCUT2D eigenvalue weighted by Gasteiger charge is 2.25. The quantitative estimate of drug-likeness (QED) is 0.924. The average molecular weight is 337 g/mol. The van der Waals surface area contributed by atoms with Gasteiger partial charge in [0.1, 0.15) is 5.75 Å². The van der Waals surface area contributed by atoms with E-state index in [-0.39, 0.29) is 12.5 Å². The van der Waals surface area contributed by atoms with Gasteiger partial charge in [-0.15, -0.1) is 0 Å². The van der Waals surface area contributed by atoms with Crippen LogP contribution in [-0.4, -0.2) is 28.8 Å². The number of nitrogens with two attached hydrogens (primary N) is 1. The Bertz CT molecular complexity index is 656. The van der Waals surface area contributed by atoms with Crippen molar-refractivity contribution in [3.8, 4) is 5.75 Å². The van der Waals surface area contributed by atoms with Gasteiger partial charge in [0.2, 0.25) is 0 Å². The lowest BCUT2D eigenvalue weighted by molar-refractivity contribution is -0.121. The molecular weight excluding hydrogens is 324 g/mol. The van der Waals surface area contributed by atoms with E-state index in [2.05, 4.69) is 21.0 Å². The Hall–Kier alpha value is -2.02. The van der Waals surface area contributed by atoms with Crippen molar-refractivity contribution in [2.45, 2.75) is 6.54 Å². The zero-order valence-corrected chi connectivity index (χ0v) is 12.2. The van der Waals surface area contributed by atoms with Crippen LogP contribution < -0.4 is 15.4 Å². The first-order chi connectivity index (χ1) is 9.63. The summed E-state index contributed by atoms with van der Waals surface area (Å²) in [6.07, 6.45) is 3.33. The summed E-state index contributed by atoms with van der Waals surface area (Å²) in [5, 5.41) is 4.11. The molecule has 0 aliphatic carbocycles. The van der Waals surface area contributed by atoms with E-state index in [9.17, 15) is 4.79 Å². The fourth-order valence-electron chi connectivity index (χ4n) is 2.12. The number of carbonyl (C=O) groups excluding carboxylic acids is 1. The fourth-order valence-corrected chi connectivity index (χ4v) is 2.47. The molecule has 1 aliphatic heterocycles. The molecule has 0 atom stereocenters. The minimum Gasteiger partial charge on any atom is -0.482 e. The Balaban J connectivity index is 1.82. The lowest BCUT2D eigenvalue weighted by Gasteiger charge is -2.29. The third-order valence-corrected chi connectivity index (χ3v) is 3.56. The summed E-state index contributed by atoms with van der Waals surface area (Å²) in [6, 6.07) is 5.62. The lowest BCUT2D eigenvalue weighted by Crippen LogP contribution is -2.40. The van der Waals surface area contributed by atoms with Crippen molar-refractivity contribution in [2.75, 3.05) is 23.8 Å². The van der Waals surface area contributed by atoms with E-state index >= 15 is 0 Å². The van der Waals surface area contributed by atoms with Gasteiger partial charge >= 0.3 is 0 Å². The van der Waals surface area contributed by atoms with Crippen molar-refractivity contribution >= 4 is 33.2 Å². The largest absolute Gasteiger partial charge is 0.482 e. The smallest absolute Gasteiger partial charge is 0.265 e. The van der Waals surface area contributed by atoms with Crippen LogP contribution in [0, 0.1) is 0 Å². The highest BCUT2D eigenvalue weighted by molar-refractivity contribution is 9.10. The fraction of sp³-hybridized carbons (Fsp3) is 0.231. The SMILES string of the molecule is Nc1cnn(CCN2C(=O)COc3ccc(Br)cc32)c1. The van der Waals surface area contributed by atoms with E-state index in [0.717, 1.165) is 10.2 Å². The highest BCUT2D eigenvalue weighted by atomic mass is 79.9. The van der Waals surface area contributed by atoms with Crippen LogP contribution in [0.4, 0.5) is 11.4 Å². The molecule has 0 radical (unpaired) electrons. The van der Waals surface area contributed by atoms with E-state index in [4.69, 9.17) is 10.5 Å². The molecule has 0 fully saturated rings. The Kier molecular flexibility index (Phi) is 3.35. The predicted octanol–water partition coefficient (Wildman–Crippen LogP) is 1.65. The van der Waals surface area contributed by atoms with Crippen LogP contribution in [0.25, 0.3) is 0 Å². The number of hydrogen-bond donors (Lipinski definition) is 1. The van der Waals surface area contributed by atoms with Crippen molar-refractivity contribution in [1.82, 2.24) is 9.78 Å². The molecule has 1 aromatic carbocycles. The third kappa shape index (κ3) is 2.49. The molecule has 1 aromatic heterocycles. The second kappa shape index (κ2) is 5.16. The van der Waals surface area contributed by atoms with Crippen LogP contribution in [0.2, 0.25) is 0 Å². The Morgan fingerprint density at radius 2 is 2.25 bits per heavy atom.